The van der Waals surface area contributed by atoms with E-state index < -0.39 is 6.09 Å². The largest absolute Gasteiger partial charge is 0.465 e. The normalized spacial score (nSPS) is 14.0. The predicted molar refractivity (Wildman–Crippen MR) is 67.4 cm³/mol. The van der Waals surface area contributed by atoms with Crippen molar-refractivity contribution in [2.24, 2.45) is 0 Å². The maximum atomic E-state index is 10.9. The topological polar surface area (TPSA) is 79.2 Å². The van der Waals surface area contributed by atoms with Gasteiger partial charge in [-0.05, 0) is 12.1 Å². The third-order valence-corrected chi connectivity index (χ3v) is 3.10. The monoisotopic (exact) mass is 256 g/mol. The molecule has 6 nitrogen and oxygen atoms in total. The summed E-state index contributed by atoms with van der Waals surface area (Å²) >= 11 is 0. The maximum Gasteiger partial charge on any atom is 0.407 e. The molecule has 3 heterocycles. The van der Waals surface area contributed by atoms with E-state index >= 15 is 0 Å². The molecular weight excluding hydrogens is 244 g/mol. The zero-order chi connectivity index (χ0) is 13.2. The van der Waals surface area contributed by atoms with Gasteiger partial charge in [-0.2, -0.15) is 0 Å². The quantitative estimate of drug-likeness (QED) is 0.837. The summed E-state index contributed by atoms with van der Waals surface area (Å²) in [7, 11) is 0. The lowest BCUT2D eigenvalue weighted by Gasteiger charge is -2.25. The number of hydrogen-bond acceptors (Lipinski definition) is 4. The van der Waals surface area contributed by atoms with Crippen molar-refractivity contribution >= 4 is 6.09 Å². The molecule has 2 aromatic heterocycles. The van der Waals surface area contributed by atoms with Crippen LogP contribution in [0.15, 0.2) is 30.6 Å². The van der Waals surface area contributed by atoms with Crippen LogP contribution in [0.25, 0.3) is 11.5 Å². The van der Waals surface area contributed by atoms with Gasteiger partial charge in [0.1, 0.15) is 5.69 Å². The second-order valence-corrected chi connectivity index (χ2v) is 4.33. The van der Waals surface area contributed by atoms with Crippen LogP contribution in [0.5, 0.6) is 0 Å². The standard InChI is InChI=1S/C13H12N4O2/c18-13(19)17-6-4-10-9(8-17)7-15-12(16-10)11-3-1-2-5-14-11/h1-3,5,7H,4,6,8H2,(H,18,19). The number of pyridine rings is 1. The minimum absolute atomic E-state index is 0.354. The first kappa shape index (κ1) is 11.6. The van der Waals surface area contributed by atoms with Crippen LogP contribution in [-0.4, -0.2) is 37.6 Å². The van der Waals surface area contributed by atoms with Crippen molar-refractivity contribution in [3.05, 3.63) is 41.9 Å². The fourth-order valence-corrected chi connectivity index (χ4v) is 2.10. The van der Waals surface area contributed by atoms with E-state index in [0.717, 1.165) is 17.0 Å². The van der Waals surface area contributed by atoms with Gasteiger partial charge in [0.15, 0.2) is 5.82 Å². The SMILES string of the molecule is O=C(O)N1CCc2nc(-c3ccccn3)ncc2C1. The summed E-state index contributed by atoms with van der Waals surface area (Å²) < 4.78 is 0. The molecule has 0 saturated carbocycles. The average Bonchev–Trinajstić information content (AvgIpc) is 2.47. The summed E-state index contributed by atoms with van der Waals surface area (Å²) in [4.78, 5) is 25.3. The van der Waals surface area contributed by atoms with Gasteiger partial charge in [0.05, 0.1) is 12.2 Å². The third-order valence-electron chi connectivity index (χ3n) is 3.10. The number of nitrogens with zero attached hydrogens (tertiary/aromatic N) is 4. The Bertz CT molecular complexity index is 615. The van der Waals surface area contributed by atoms with Crippen molar-refractivity contribution in [1.82, 2.24) is 19.9 Å². The first-order valence-corrected chi connectivity index (χ1v) is 5.98. The minimum Gasteiger partial charge on any atom is -0.465 e. The van der Waals surface area contributed by atoms with Gasteiger partial charge in [-0.1, -0.05) is 6.07 Å². The highest BCUT2D eigenvalue weighted by molar-refractivity contribution is 5.65. The molecule has 3 rings (SSSR count). The number of carbonyl (C=O) groups is 1. The molecule has 19 heavy (non-hydrogen) atoms. The first-order chi connectivity index (χ1) is 9.24. The maximum absolute atomic E-state index is 10.9. The lowest BCUT2D eigenvalue weighted by atomic mass is 10.1. The highest BCUT2D eigenvalue weighted by Gasteiger charge is 2.21. The van der Waals surface area contributed by atoms with Gasteiger partial charge in [0, 0.05) is 30.9 Å². The molecule has 1 aliphatic rings. The Kier molecular flexibility index (Phi) is 2.83. The summed E-state index contributed by atoms with van der Waals surface area (Å²) in [5, 5.41) is 8.97. The highest BCUT2D eigenvalue weighted by atomic mass is 16.4. The molecule has 0 unspecified atom stereocenters. The fraction of sp³-hybridized carbons (Fsp3) is 0.231. The van der Waals surface area contributed by atoms with Gasteiger partial charge in [-0.15, -0.1) is 0 Å². The molecule has 1 amide bonds. The van der Waals surface area contributed by atoms with Crippen LogP contribution in [-0.2, 0) is 13.0 Å². The second-order valence-electron chi connectivity index (χ2n) is 4.33. The summed E-state index contributed by atoms with van der Waals surface area (Å²) in [6.45, 7) is 0.828. The molecule has 2 aromatic rings. The summed E-state index contributed by atoms with van der Waals surface area (Å²) in [5.74, 6) is 0.586. The Morgan fingerprint density at radius 2 is 2.21 bits per heavy atom. The highest BCUT2D eigenvalue weighted by Crippen LogP contribution is 2.19. The van der Waals surface area contributed by atoms with Gasteiger partial charge >= 0.3 is 6.09 Å². The molecule has 0 aliphatic carbocycles. The van der Waals surface area contributed by atoms with Crippen molar-refractivity contribution in [2.75, 3.05) is 6.54 Å². The Morgan fingerprint density at radius 3 is 2.95 bits per heavy atom. The number of carboxylic acid groups (broad SMARTS) is 1. The minimum atomic E-state index is -0.903. The van der Waals surface area contributed by atoms with Gasteiger partial charge < -0.3 is 10.0 Å². The molecule has 1 N–H and O–H groups in total. The Hall–Kier alpha value is -2.50. The fourth-order valence-electron chi connectivity index (χ4n) is 2.10. The molecule has 6 heteroatoms. The van der Waals surface area contributed by atoms with Gasteiger partial charge in [0.2, 0.25) is 0 Å². The van der Waals surface area contributed by atoms with E-state index in [4.69, 9.17) is 5.11 Å². The number of amides is 1. The third kappa shape index (κ3) is 2.24. The van der Waals surface area contributed by atoms with Crippen LogP contribution in [0.3, 0.4) is 0 Å². The van der Waals surface area contributed by atoms with E-state index in [9.17, 15) is 4.79 Å². The zero-order valence-corrected chi connectivity index (χ0v) is 10.2. The summed E-state index contributed by atoms with van der Waals surface area (Å²) in [6, 6.07) is 5.58. The van der Waals surface area contributed by atoms with E-state index in [0.29, 0.717) is 25.3 Å². The Labute approximate surface area is 109 Å². The summed E-state index contributed by atoms with van der Waals surface area (Å²) in [6.07, 6.45) is 3.11. The van der Waals surface area contributed by atoms with Crippen LogP contribution in [0.1, 0.15) is 11.3 Å². The van der Waals surface area contributed by atoms with Gasteiger partial charge in [-0.25, -0.2) is 14.8 Å². The predicted octanol–water partition coefficient (Wildman–Crippen LogP) is 1.57. The van der Waals surface area contributed by atoms with E-state index in [1.165, 1.54) is 4.90 Å². The second kappa shape index (κ2) is 4.64. The number of aromatic nitrogens is 3. The molecule has 1 aliphatic heterocycles. The van der Waals surface area contributed by atoms with Crippen LogP contribution in [0.2, 0.25) is 0 Å². The Morgan fingerprint density at radius 1 is 1.32 bits per heavy atom. The number of rotatable bonds is 1. The lowest BCUT2D eigenvalue weighted by Crippen LogP contribution is -2.35. The first-order valence-electron chi connectivity index (χ1n) is 5.98. The van der Waals surface area contributed by atoms with E-state index in [2.05, 4.69) is 15.0 Å². The zero-order valence-electron chi connectivity index (χ0n) is 10.2. The van der Waals surface area contributed by atoms with Crippen molar-refractivity contribution in [3.8, 4) is 11.5 Å². The smallest absolute Gasteiger partial charge is 0.407 e. The lowest BCUT2D eigenvalue weighted by molar-refractivity contribution is 0.139. The van der Waals surface area contributed by atoms with Crippen molar-refractivity contribution in [1.29, 1.82) is 0 Å². The van der Waals surface area contributed by atoms with Gasteiger partial charge in [-0.3, -0.25) is 4.98 Å². The van der Waals surface area contributed by atoms with Crippen LogP contribution < -0.4 is 0 Å². The van der Waals surface area contributed by atoms with Crippen LogP contribution in [0, 0.1) is 0 Å². The molecule has 0 atom stereocenters. The molecule has 0 spiro atoms. The molecule has 0 fully saturated rings. The van der Waals surface area contributed by atoms with Crippen molar-refractivity contribution < 1.29 is 9.90 Å². The van der Waals surface area contributed by atoms with Crippen LogP contribution >= 0.6 is 0 Å². The summed E-state index contributed by atoms with van der Waals surface area (Å²) in [5.41, 5.74) is 2.51. The molecular formula is C13H12N4O2. The number of hydrogen-bond donors (Lipinski definition) is 1. The number of fused-ring (bicyclic) bond motifs is 1. The van der Waals surface area contributed by atoms with E-state index in [1.807, 2.05) is 18.2 Å². The Balaban J connectivity index is 1.92. The van der Waals surface area contributed by atoms with Crippen LogP contribution in [0.4, 0.5) is 4.79 Å². The average molecular weight is 256 g/mol. The molecule has 96 valence electrons. The van der Waals surface area contributed by atoms with Crippen molar-refractivity contribution in [3.63, 3.8) is 0 Å². The molecule has 0 radical (unpaired) electrons. The molecule has 0 bridgehead atoms. The molecule has 0 aromatic carbocycles. The molecule has 0 saturated heterocycles. The van der Waals surface area contributed by atoms with E-state index in [-0.39, 0.29) is 0 Å². The van der Waals surface area contributed by atoms with Crippen molar-refractivity contribution in [2.45, 2.75) is 13.0 Å². The van der Waals surface area contributed by atoms with E-state index in [1.54, 1.807) is 12.4 Å². The van der Waals surface area contributed by atoms with Gasteiger partial charge in [0.25, 0.3) is 0 Å².